The molecule has 1 aliphatic heterocycles. The monoisotopic (exact) mass is 316 g/mol. The van der Waals surface area contributed by atoms with Gasteiger partial charge in [0.15, 0.2) is 0 Å². The van der Waals surface area contributed by atoms with Crippen LogP contribution in [0.3, 0.4) is 0 Å². The van der Waals surface area contributed by atoms with Crippen LogP contribution in [0.4, 0.5) is 5.69 Å². The second kappa shape index (κ2) is 7.62. The summed E-state index contributed by atoms with van der Waals surface area (Å²) >= 11 is 0. The van der Waals surface area contributed by atoms with Gasteiger partial charge in [0, 0.05) is 38.7 Å². The summed E-state index contributed by atoms with van der Waals surface area (Å²) < 4.78 is 0. The topological polar surface area (TPSA) is 40.6 Å². The van der Waals surface area contributed by atoms with Crippen LogP contribution >= 0.6 is 0 Å². The van der Waals surface area contributed by atoms with Gasteiger partial charge in [0.1, 0.15) is 0 Å². The zero-order chi connectivity index (χ0) is 17.0. The summed E-state index contributed by atoms with van der Waals surface area (Å²) in [5.74, 6) is 0.157. The average molecular weight is 316 g/mol. The van der Waals surface area contributed by atoms with Crippen molar-refractivity contribution in [3.05, 3.63) is 28.8 Å². The molecule has 0 atom stereocenters. The van der Waals surface area contributed by atoms with E-state index >= 15 is 0 Å². The smallest absolute Gasteiger partial charge is 0.224 e. The molecule has 0 unspecified atom stereocenters. The van der Waals surface area contributed by atoms with Crippen LogP contribution in [0, 0.1) is 20.8 Å². The predicted octanol–water partition coefficient (Wildman–Crippen LogP) is 3.37. The molecule has 1 aromatic rings. The Bertz CT molecular complexity index is 566. The largest absolute Gasteiger partial charge is 0.343 e. The van der Waals surface area contributed by atoms with E-state index in [4.69, 9.17) is 0 Å². The second-order valence-electron chi connectivity index (χ2n) is 6.61. The predicted molar refractivity (Wildman–Crippen MR) is 93.7 cm³/mol. The van der Waals surface area contributed by atoms with Crippen LogP contribution in [0.15, 0.2) is 12.1 Å². The van der Waals surface area contributed by atoms with Gasteiger partial charge in [-0.25, -0.2) is 0 Å². The zero-order valence-corrected chi connectivity index (χ0v) is 14.8. The molecular weight excluding hydrogens is 288 g/mol. The molecule has 2 rings (SSSR count). The summed E-state index contributed by atoms with van der Waals surface area (Å²) in [5, 5.41) is 0. The van der Waals surface area contributed by atoms with Crippen LogP contribution in [-0.4, -0.2) is 36.3 Å². The lowest BCUT2D eigenvalue weighted by atomic mass is 10.0. The maximum absolute atomic E-state index is 12.4. The molecule has 0 aliphatic carbocycles. The minimum absolute atomic E-state index is 0.00787. The van der Waals surface area contributed by atoms with Gasteiger partial charge in [0.25, 0.3) is 0 Å². The molecule has 2 amide bonds. The van der Waals surface area contributed by atoms with E-state index in [2.05, 4.69) is 19.1 Å². The maximum Gasteiger partial charge on any atom is 0.224 e. The van der Waals surface area contributed by atoms with Crippen LogP contribution in [0.25, 0.3) is 0 Å². The molecular formula is C19H28N2O2. The lowest BCUT2D eigenvalue weighted by Gasteiger charge is -2.29. The highest BCUT2D eigenvalue weighted by atomic mass is 16.2. The summed E-state index contributed by atoms with van der Waals surface area (Å²) in [5.41, 5.74) is 4.32. The third kappa shape index (κ3) is 4.34. The van der Waals surface area contributed by atoms with E-state index < -0.39 is 0 Å². The number of nitrogens with zero attached hydrogens (tertiary/aromatic N) is 2. The van der Waals surface area contributed by atoms with Crippen molar-refractivity contribution in [1.82, 2.24) is 4.90 Å². The molecule has 1 aromatic carbocycles. The Kier molecular flexibility index (Phi) is 5.80. The molecule has 4 heteroatoms. The lowest BCUT2D eigenvalue weighted by molar-refractivity contribution is -0.131. The number of rotatable bonds is 4. The fourth-order valence-electron chi connectivity index (χ4n) is 3.53. The average Bonchev–Trinajstić information content (AvgIpc) is 2.49. The van der Waals surface area contributed by atoms with E-state index in [-0.39, 0.29) is 11.8 Å². The lowest BCUT2D eigenvalue weighted by Crippen LogP contribution is -2.39. The van der Waals surface area contributed by atoms with E-state index in [0.29, 0.717) is 13.0 Å². The normalized spacial score (nSPS) is 14.7. The van der Waals surface area contributed by atoms with E-state index in [0.717, 1.165) is 42.7 Å². The number of hydrogen-bond donors (Lipinski definition) is 0. The number of carbonyl (C=O) groups is 2. The number of piperidine rings is 1. The SMILES string of the molecule is CC(=O)N(CCC(=O)N1CCCCC1)c1c(C)cc(C)cc1C. The van der Waals surface area contributed by atoms with Crippen molar-refractivity contribution in [1.29, 1.82) is 0 Å². The first-order valence-electron chi connectivity index (χ1n) is 8.54. The molecule has 0 spiro atoms. The first-order chi connectivity index (χ1) is 10.9. The van der Waals surface area contributed by atoms with Crippen molar-refractivity contribution in [2.45, 2.75) is 53.4 Å². The molecule has 1 aliphatic rings. The van der Waals surface area contributed by atoms with Gasteiger partial charge in [-0.15, -0.1) is 0 Å². The summed E-state index contributed by atoms with van der Waals surface area (Å²) in [4.78, 5) is 28.2. The van der Waals surface area contributed by atoms with Gasteiger partial charge in [-0.05, 0) is 51.2 Å². The molecule has 0 N–H and O–H groups in total. The Balaban J connectivity index is 2.10. The van der Waals surface area contributed by atoms with Crippen LogP contribution in [-0.2, 0) is 9.59 Å². The Morgan fingerprint density at radius 1 is 1.04 bits per heavy atom. The molecule has 126 valence electrons. The van der Waals surface area contributed by atoms with E-state index in [1.165, 1.54) is 12.0 Å². The molecule has 0 bridgehead atoms. The first-order valence-corrected chi connectivity index (χ1v) is 8.54. The van der Waals surface area contributed by atoms with Crippen molar-refractivity contribution >= 4 is 17.5 Å². The summed E-state index contributed by atoms with van der Waals surface area (Å²) in [6, 6.07) is 4.18. The van der Waals surface area contributed by atoms with Crippen LogP contribution in [0.5, 0.6) is 0 Å². The third-order valence-electron chi connectivity index (χ3n) is 4.54. The van der Waals surface area contributed by atoms with Gasteiger partial charge >= 0.3 is 0 Å². The first kappa shape index (κ1) is 17.5. The minimum atomic E-state index is -0.00787. The number of anilines is 1. The van der Waals surface area contributed by atoms with E-state index in [1.807, 2.05) is 18.7 Å². The Morgan fingerprint density at radius 3 is 2.13 bits per heavy atom. The maximum atomic E-state index is 12.4. The van der Waals surface area contributed by atoms with Crippen molar-refractivity contribution < 1.29 is 9.59 Å². The van der Waals surface area contributed by atoms with Crippen molar-refractivity contribution in [3.63, 3.8) is 0 Å². The number of likely N-dealkylation sites (tertiary alicyclic amines) is 1. The third-order valence-corrected chi connectivity index (χ3v) is 4.54. The highest BCUT2D eigenvalue weighted by molar-refractivity contribution is 5.94. The van der Waals surface area contributed by atoms with Crippen LogP contribution in [0.2, 0.25) is 0 Å². The molecule has 23 heavy (non-hydrogen) atoms. The summed E-state index contributed by atoms with van der Waals surface area (Å²) in [6.45, 7) is 9.86. The fraction of sp³-hybridized carbons (Fsp3) is 0.579. The Labute approximate surface area is 139 Å². The quantitative estimate of drug-likeness (QED) is 0.854. The Morgan fingerprint density at radius 2 is 1.61 bits per heavy atom. The number of benzene rings is 1. The van der Waals surface area contributed by atoms with Crippen LogP contribution < -0.4 is 4.90 Å². The van der Waals surface area contributed by atoms with Gasteiger partial charge in [0.05, 0.1) is 0 Å². The van der Waals surface area contributed by atoms with Crippen molar-refractivity contribution in [2.75, 3.05) is 24.5 Å². The molecule has 1 saturated heterocycles. The zero-order valence-electron chi connectivity index (χ0n) is 14.8. The molecule has 0 aromatic heterocycles. The van der Waals surface area contributed by atoms with Gasteiger partial charge in [-0.2, -0.15) is 0 Å². The number of hydrogen-bond acceptors (Lipinski definition) is 2. The second-order valence-corrected chi connectivity index (χ2v) is 6.61. The van der Waals surface area contributed by atoms with E-state index in [9.17, 15) is 9.59 Å². The molecule has 1 fully saturated rings. The highest BCUT2D eigenvalue weighted by Crippen LogP contribution is 2.27. The summed E-state index contributed by atoms with van der Waals surface area (Å²) in [7, 11) is 0. The molecule has 0 saturated carbocycles. The highest BCUT2D eigenvalue weighted by Gasteiger charge is 2.21. The van der Waals surface area contributed by atoms with Gasteiger partial charge in [-0.3, -0.25) is 9.59 Å². The molecule has 4 nitrogen and oxygen atoms in total. The van der Waals surface area contributed by atoms with Gasteiger partial charge in [-0.1, -0.05) is 17.7 Å². The fourth-order valence-corrected chi connectivity index (χ4v) is 3.53. The van der Waals surface area contributed by atoms with Crippen LogP contribution in [0.1, 0.15) is 49.3 Å². The minimum Gasteiger partial charge on any atom is -0.343 e. The standard InChI is InChI=1S/C19H28N2O2/c1-14-12-15(2)19(16(3)13-14)21(17(4)22)11-8-18(23)20-9-6-5-7-10-20/h12-13H,5-11H2,1-4H3. The van der Waals surface area contributed by atoms with Gasteiger partial charge < -0.3 is 9.80 Å². The van der Waals surface area contributed by atoms with Crippen molar-refractivity contribution in [3.8, 4) is 0 Å². The van der Waals surface area contributed by atoms with E-state index in [1.54, 1.807) is 11.8 Å². The van der Waals surface area contributed by atoms with Gasteiger partial charge in [0.2, 0.25) is 11.8 Å². The molecule has 0 radical (unpaired) electrons. The molecule has 1 heterocycles. The summed E-state index contributed by atoms with van der Waals surface area (Å²) in [6.07, 6.45) is 3.80. The van der Waals surface area contributed by atoms with Crippen molar-refractivity contribution in [2.24, 2.45) is 0 Å². The Hall–Kier alpha value is -1.84. The number of amides is 2. The number of aryl methyl sites for hydroxylation is 3. The number of carbonyl (C=O) groups excluding carboxylic acids is 2.